The van der Waals surface area contributed by atoms with Crippen LogP contribution in [-0.4, -0.2) is 46.1 Å². The van der Waals surface area contributed by atoms with Gasteiger partial charge in [0.25, 0.3) is 5.91 Å². The second-order valence-corrected chi connectivity index (χ2v) is 10.7. The first kappa shape index (κ1) is 24.9. The highest BCUT2D eigenvalue weighted by atomic mass is 35.5. The lowest BCUT2D eigenvalue weighted by Crippen LogP contribution is -2.39. The van der Waals surface area contributed by atoms with Crippen LogP contribution in [0.5, 0.6) is 5.75 Å². The smallest absolute Gasteiger partial charge is 0.410 e. The van der Waals surface area contributed by atoms with Crippen molar-refractivity contribution >= 4 is 40.1 Å². The molecule has 2 amide bonds. The molecule has 1 aromatic carbocycles. The van der Waals surface area contributed by atoms with Crippen LogP contribution in [0.1, 0.15) is 47.4 Å². The van der Waals surface area contributed by atoms with Crippen LogP contribution in [0.2, 0.25) is 5.02 Å². The number of pyridine rings is 1. The number of hydrogen-bond donors (Lipinski definition) is 1. The average molecular weight is 515 g/mol. The van der Waals surface area contributed by atoms with Crippen LogP contribution in [0, 0.1) is 6.92 Å². The molecule has 0 saturated carbocycles. The monoisotopic (exact) mass is 514 g/mol. The second-order valence-electron chi connectivity index (χ2n) is 9.21. The first-order valence-electron chi connectivity index (χ1n) is 11.1. The standard InChI is InChI=1S/C25H27ClN4O4S/c1-14-10-16(17-11-15(26)6-7-20(17)33-5)18(12-27-14)22(31)29-23-28-19-8-9-30(13-21(19)35-23)24(32)34-25(2,3)4/h6-7,10-12H,8-9,13H2,1-5H3,(H,28,29,31). The summed E-state index contributed by atoms with van der Waals surface area (Å²) < 4.78 is 11.0. The fraction of sp³-hybridized carbons (Fsp3) is 0.360. The molecule has 1 N–H and O–H groups in total. The van der Waals surface area contributed by atoms with Crippen LogP contribution in [0.3, 0.4) is 0 Å². The summed E-state index contributed by atoms with van der Waals surface area (Å²) in [5, 5.41) is 3.90. The van der Waals surface area contributed by atoms with Gasteiger partial charge < -0.3 is 14.4 Å². The lowest BCUT2D eigenvalue weighted by atomic mass is 9.99. The molecule has 184 valence electrons. The molecule has 10 heteroatoms. The molecule has 0 saturated heterocycles. The minimum absolute atomic E-state index is 0.343. The number of aromatic nitrogens is 2. The Labute approximate surface area is 213 Å². The van der Waals surface area contributed by atoms with Crippen molar-refractivity contribution in [1.29, 1.82) is 0 Å². The molecule has 2 aromatic heterocycles. The molecular weight excluding hydrogens is 488 g/mol. The molecule has 3 aromatic rings. The van der Waals surface area contributed by atoms with Crippen LogP contribution in [0.15, 0.2) is 30.5 Å². The third-order valence-electron chi connectivity index (χ3n) is 5.34. The van der Waals surface area contributed by atoms with Crippen LogP contribution >= 0.6 is 22.9 Å². The first-order chi connectivity index (χ1) is 16.5. The van der Waals surface area contributed by atoms with Gasteiger partial charge in [-0.3, -0.25) is 15.1 Å². The Bertz CT molecular complexity index is 1280. The van der Waals surface area contributed by atoms with Gasteiger partial charge in [-0.15, -0.1) is 0 Å². The minimum atomic E-state index is -0.560. The predicted octanol–water partition coefficient (Wildman–Crippen LogP) is 5.72. The van der Waals surface area contributed by atoms with E-state index >= 15 is 0 Å². The maximum absolute atomic E-state index is 13.3. The molecule has 3 heterocycles. The van der Waals surface area contributed by atoms with Gasteiger partial charge in [-0.2, -0.15) is 0 Å². The van der Waals surface area contributed by atoms with Gasteiger partial charge in [-0.05, 0) is 52.0 Å². The average Bonchev–Trinajstić information content (AvgIpc) is 3.19. The van der Waals surface area contributed by atoms with Gasteiger partial charge in [-0.25, -0.2) is 9.78 Å². The highest BCUT2D eigenvalue weighted by molar-refractivity contribution is 7.15. The zero-order valence-corrected chi connectivity index (χ0v) is 21.8. The lowest BCUT2D eigenvalue weighted by molar-refractivity contribution is 0.0225. The third kappa shape index (κ3) is 5.74. The number of halogens is 1. The summed E-state index contributed by atoms with van der Waals surface area (Å²) in [5.41, 5.74) is 2.80. The van der Waals surface area contributed by atoms with Crippen molar-refractivity contribution in [2.45, 2.75) is 46.3 Å². The van der Waals surface area contributed by atoms with E-state index in [1.165, 1.54) is 17.5 Å². The SMILES string of the molecule is COc1ccc(Cl)cc1-c1cc(C)ncc1C(=O)Nc1nc2c(s1)CN(C(=O)OC(C)(C)C)CC2. The summed E-state index contributed by atoms with van der Waals surface area (Å²) in [5.74, 6) is 0.255. The van der Waals surface area contributed by atoms with E-state index in [0.29, 0.717) is 52.1 Å². The van der Waals surface area contributed by atoms with Crippen molar-refractivity contribution in [2.24, 2.45) is 0 Å². The van der Waals surface area contributed by atoms with Gasteiger partial charge >= 0.3 is 6.09 Å². The normalized spacial score (nSPS) is 13.3. The van der Waals surface area contributed by atoms with Crippen LogP contribution in [-0.2, 0) is 17.7 Å². The number of ether oxygens (including phenoxy) is 2. The summed E-state index contributed by atoms with van der Waals surface area (Å²) in [4.78, 5) is 37.3. The largest absolute Gasteiger partial charge is 0.496 e. The Morgan fingerprint density at radius 3 is 2.69 bits per heavy atom. The molecule has 0 aliphatic carbocycles. The summed E-state index contributed by atoms with van der Waals surface area (Å²) in [6.07, 6.45) is 1.78. The fourth-order valence-corrected chi connectivity index (χ4v) is 4.94. The number of hydrogen-bond acceptors (Lipinski definition) is 7. The van der Waals surface area contributed by atoms with Crippen molar-refractivity contribution in [1.82, 2.24) is 14.9 Å². The van der Waals surface area contributed by atoms with E-state index in [4.69, 9.17) is 21.1 Å². The minimum Gasteiger partial charge on any atom is -0.496 e. The predicted molar refractivity (Wildman–Crippen MR) is 136 cm³/mol. The molecule has 0 fully saturated rings. The quantitative estimate of drug-likeness (QED) is 0.478. The molecule has 1 aliphatic heterocycles. The molecule has 0 radical (unpaired) electrons. The van der Waals surface area contributed by atoms with E-state index in [1.54, 1.807) is 30.2 Å². The molecule has 1 aliphatic rings. The van der Waals surface area contributed by atoms with Crippen molar-refractivity contribution < 1.29 is 19.1 Å². The van der Waals surface area contributed by atoms with Gasteiger partial charge in [-0.1, -0.05) is 22.9 Å². The van der Waals surface area contributed by atoms with Gasteiger partial charge in [0.05, 0.1) is 24.9 Å². The van der Waals surface area contributed by atoms with Crippen molar-refractivity contribution in [2.75, 3.05) is 19.0 Å². The Kier molecular flexibility index (Phi) is 7.00. The van der Waals surface area contributed by atoms with Crippen molar-refractivity contribution in [3.63, 3.8) is 0 Å². The van der Waals surface area contributed by atoms with Crippen molar-refractivity contribution in [3.05, 3.63) is 57.3 Å². The molecule has 4 rings (SSSR count). The molecule has 35 heavy (non-hydrogen) atoms. The number of rotatable bonds is 4. The highest BCUT2D eigenvalue weighted by Crippen LogP contribution is 2.36. The van der Waals surface area contributed by atoms with Crippen LogP contribution < -0.4 is 10.1 Å². The van der Waals surface area contributed by atoms with E-state index in [2.05, 4.69) is 15.3 Å². The third-order valence-corrected chi connectivity index (χ3v) is 6.57. The second kappa shape index (κ2) is 9.83. The molecule has 0 spiro atoms. The number of aryl methyl sites for hydroxylation is 1. The fourth-order valence-electron chi connectivity index (χ4n) is 3.75. The topological polar surface area (TPSA) is 93.6 Å². The number of anilines is 1. The highest BCUT2D eigenvalue weighted by Gasteiger charge is 2.28. The van der Waals surface area contributed by atoms with E-state index in [-0.39, 0.29) is 12.0 Å². The first-order valence-corrected chi connectivity index (χ1v) is 12.3. The molecule has 0 unspecified atom stereocenters. The van der Waals surface area contributed by atoms with E-state index in [1.807, 2.05) is 33.8 Å². The number of thiazole rings is 1. The molecule has 0 atom stereocenters. The van der Waals surface area contributed by atoms with Gasteiger partial charge in [0.15, 0.2) is 5.13 Å². The Morgan fingerprint density at radius 1 is 1.20 bits per heavy atom. The number of benzene rings is 1. The molecular formula is C25H27ClN4O4S. The van der Waals surface area contributed by atoms with Gasteiger partial charge in [0.2, 0.25) is 0 Å². The molecule has 0 bridgehead atoms. The Balaban J connectivity index is 1.57. The number of carbonyl (C=O) groups excluding carboxylic acids is 2. The number of methoxy groups -OCH3 is 1. The Morgan fingerprint density at radius 2 is 1.97 bits per heavy atom. The maximum Gasteiger partial charge on any atom is 0.410 e. The van der Waals surface area contributed by atoms with Gasteiger partial charge in [0, 0.05) is 45.9 Å². The van der Waals surface area contributed by atoms with E-state index in [9.17, 15) is 9.59 Å². The zero-order valence-electron chi connectivity index (χ0n) is 20.3. The maximum atomic E-state index is 13.3. The zero-order chi connectivity index (χ0) is 25.3. The summed E-state index contributed by atoms with van der Waals surface area (Å²) >= 11 is 7.59. The number of fused-ring (bicyclic) bond motifs is 1. The number of amides is 2. The summed E-state index contributed by atoms with van der Waals surface area (Å²) in [6, 6.07) is 7.09. The van der Waals surface area contributed by atoms with Crippen LogP contribution in [0.25, 0.3) is 11.1 Å². The van der Waals surface area contributed by atoms with Crippen molar-refractivity contribution in [3.8, 4) is 16.9 Å². The van der Waals surface area contributed by atoms with E-state index < -0.39 is 5.60 Å². The van der Waals surface area contributed by atoms with E-state index in [0.717, 1.165) is 16.3 Å². The number of carbonyl (C=O) groups is 2. The number of nitrogens with zero attached hydrogens (tertiary/aromatic N) is 3. The summed E-state index contributed by atoms with van der Waals surface area (Å²) in [6.45, 7) is 8.29. The summed E-state index contributed by atoms with van der Waals surface area (Å²) in [7, 11) is 1.57. The Hall–Kier alpha value is -3.17. The number of nitrogens with one attached hydrogen (secondary N) is 1. The molecule has 8 nitrogen and oxygen atoms in total. The van der Waals surface area contributed by atoms with Crippen LogP contribution in [0.4, 0.5) is 9.93 Å². The van der Waals surface area contributed by atoms with Gasteiger partial charge in [0.1, 0.15) is 11.4 Å². The lowest BCUT2D eigenvalue weighted by Gasteiger charge is -2.29.